The molecular formula is C14H26N4. The van der Waals surface area contributed by atoms with E-state index in [1.54, 1.807) is 0 Å². The molecule has 1 fully saturated rings. The van der Waals surface area contributed by atoms with Crippen LogP contribution in [-0.2, 0) is 12.8 Å². The normalized spacial score (nSPS) is 25.1. The predicted molar refractivity (Wildman–Crippen MR) is 73.7 cm³/mol. The number of aromatic nitrogens is 3. The van der Waals surface area contributed by atoms with E-state index in [-0.39, 0.29) is 0 Å². The Bertz CT molecular complexity index is 372. The molecule has 1 saturated carbocycles. The van der Waals surface area contributed by atoms with Gasteiger partial charge in [0.15, 0.2) is 5.82 Å². The van der Waals surface area contributed by atoms with Gasteiger partial charge in [-0.25, -0.2) is 9.67 Å². The Morgan fingerprint density at radius 1 is 1.17 bits per heavy atom. The highest BCUT2D eigenvalue weighted by Crippen LogP contribution is 2.28. The molecule has 18 heavy (non-hydrogen) atoms. The summed E-state index contributed by atoms with van der Waals surface area (Å²) < 4.78 is 2.21. The number of hydrogen-bond donors (Lipinski definition) is 1. The molecule has 102 valence electrons. The molecule has 1 aromatic heterocycles. The largest absolute Gasteiger partial charge is 0.315 e. The minimum Gasteiger partial charge on any atom is -0.315 e. The van der Waals surface area contributed by atoms with Crippen LogP contribution < -0.4 is 5.32 Å². The molecule has 1 aliphatic rings. The maximum atomic E-state index is 4.73. The van der Waals surface area contributed by atoms with Crippen LogP contribution >= 0.6 is 0 Å². The lowest BCUT2D eigenvalue weighted by Gasteiger charge is -2.26. The van der Waals surface area contributed by atoms with Crippen molar-refractivity contribution in [2.45, 2.75) is 70.9 Å². The minimum absolute atomic E-state index is 0.486. The number of nitrogens with one attached hydrogen (secondary N) is 1. The molecule has 4 heteroatoms. The van der Waals surface area contributed by atoms with Gasteiger partial charge in [-0.2, -0.15) is 5.10 Å². The second kappa shape index (κ2) is 6.32. The zero-order chi connectivity index (χ0) is 13.0. The van der Waals surface area contributed by atoms with E-state index in [0.717, 1.165) is 24.5 Å². The summed E-state index contributed by atoms with van der Waals surface area (Å²) in [6.07, 6.45) is 8.38. The number of likely N-dealkylation sites (N-methyl/N-ethyl adjacent to an activating group) is 1. The summed E-state index contributed by atoms with van der Waals surface area (Å²) in [5.74, 6) is 2.14. The number of hydrogen-bond acceptors (Lipinski definition) is 3. The average Bonchev–Trinajstić information content (AvgIpc) is 2.68. The fourth-order valence-corrected chi connectivity index (χ4v) is 2.98. The van der Waals surface area contributed by atoms with Crippen LogP contribution in [0.1, 0.15) is 63.6 Å². The molecule has 0 radical (unpaired) electrons. The van der Waals surface area contributed by atoms with Gasteiger partial charge in [0, 0.05) is 18.9 Å². The summed E-state index contributed by atoms with van der Waals surface area (Å²) in [5, 5.41) is 8.21. The fourth-order valence-electron chi connectivity index (χ4n) is 2.98. The number of aryl methyl sites for hydroxylation is 2. The van der Waals surface area contributed by atoms with Crippen molar-refractivity contribution in [3.63, 3.8) is 0 Å². The lowest BCUT2D eigenvalue weighted by Crippen LogP contribution is -2.35. The third-order valence-electron chi connectivity index (χ3n) is 4.04. The van der Waals surface area contributed by atoms with E-state index in [1.165, 1.54) is 32.1 Å². The highest BCUT2D eigenvalue weighted by molar-refractivity contribution is 4.97. The van der Waals surface area contributed by atoms with Crippen molar-refractivity contribution in [3.8, 4) is 0 Å². The Labute approximate surface area is 110 Å². The van der Waals surface area contributed by atoms with Gasteiger partial charge in [0.1, 0.15) is 5.82 Å². The third kappa shape index (κ3) is 2.74. The van der Waals surface area contributed by atoms with Crippen LogP contribution in [0.5, 0.6) is 0 Å². The molecule has 1 N–H and O–H groups in total. The van der Waals surface area contributed by atoms with Crippen LogP contribution in [0.15, 0.2) is 0 Å². The monoisotopic (exact) mass is 250 g/mol. The van der Waals surface area contributed by atoms with Crippen molar-refractivity contribution in [2.24, 2.45) is 0 Å². The van der Waals surface area contributed by atoms with Crippen LogP contribution in [-0.4, -0.2) is 27.9 Å². The standard InChI is InChI=1S/C14H26N4/c1-4-13-16-14(5-2)18(17-13)12-10-8-6-7-9-11(12)15-3/h11-12,15H,4-10H2,1-3H3. The van der Waals surface area contributed by atoms with Crippen molar-refractivity contribution >= 4 is 0 Å². The quantitative estimate of drug-likeness (QED) is 0.835. The maximum absolute atomic E-state index is 4.73. The highest BCUT2D eigenvalue weighted by Gasteiger charge is 2.26. The molecule has 2 atom stereocenters. The van der Waals surface area contributed by atoms with Gasteiger partial charge in [0.2, 0.25) is 0 Å². The molecular weight excluding hydrogens is 224 g/mol. The third-order valence-corrected chi connectivity index (χ3v) is 4.04. The van der Waals surface area contributed by atoms with Gasteiger partial charge in [-0.05, 0) is 19.9 Å². The molecule has 0 bridgehead atoms. The maximum Gasteiger partial charge on any atom is 0.150 e. The lowest BCUT2D eigenvalue weighted by atomic mass is 10.0. The Hall–Kier alpha value is -0.900. The van der Waals surface area contributed by atoms with E-state index >= 15 is 0 Å². The SMILES string of the molecule is CCc1nc(CC)n(C2CCCCCC2NC)n1. The first kappa shape index (κ1) is 13.5. The molecule has 0 aliphatic heterocycles. The van der Waals surface area contributed by atoms with Crippen LogP contribution in [0.3, 0.4) is 0 Å². The first-order chi connectivity index (χ1) is 8.80. The molecule has 1 heterocycles. The number of nitrogens with zero attached hydrogens (tertiary/aromatic N) is 3. The van der Waals surface area contributed by atoms with E-state index in [0.29, 0.717) is 12.1 Å². The van der Waals surface area contributed by atoms with Crippen LogP contribution in [0.4, 0.5) is 0 Å². The van der Waals surface area contributed by atoms with Crippen molar-refractivity contribution in [1.29, 1.82) is 0 Å². The summed E-state index contributed by atoms with van der Waals surface area (Å²) in [6.45, 7) is 4.30. The molecule has 0 amide bonds. The van der Waals surface area contributed by atoms with Gasteiger partial charge in [-0.15, -0.1) is 0 Å². The fraction of sp³-hybridized carbons (Fsp3) is 0.857. The predicted octanol–water partition coefficient (Wildman–Crippen LogP) is 2.50. The summed E-state index contributed by atoms with van der Waals surface area (Å²) >= 11 is 0. The average molecular weight is 250 g/mol. The molecule has 1 aromatic rings. The minimum atomic E-state index is 0.486. The molecule has 0 saturated heterocycles. The molecule has 0 aromatic carbocycles. The van der Waals surface area contributed by atoms with Gasteiger partial charge >= 0.3 is 0 Å². The molecule has 1 aliphatic carbocycles. The molecule has 4 nitrogen and oxygen atoms in total. The summed E-state index contributed by atoms with van der Waals surface area (Å²) in [5.41, 5.74) is 0. The molecule has 2 unspecified atom stereocenters. The van der Waals surface area contributed by atoms with E-state index in [1.807, 2.05) is 0 Å². The smallest absolute Gasteiger partial charge is 0.150 e. The number of rotatable bonds is 4. The second-order valence-electron chi connectivity index (χ2n) is 5.20. The van der Waals surface area contributed by atoms with Gasteiger partial charge in [-0.1, -0.05) is 33.1 Å². The zero-order valence-electron chi connectivity index (χ0n) is 11.9. The van der Waals surface area contributed by atoms with Crippen LogP contribution in [0, 0.1) is 0 Å². The first-order valence-corrected chi connectivity index (χ1v) is 7.41. The second-order valence-corrected chi connectivity index (χ2v) is 5.20. The van der Waals surface area contributed by atoms with Crippen molar-refractivity contribution in [2.75, 3.05) is 7.05 Å². The van der Waals surface area contributed by atoms with Gasteiger partial charge in [-0.3, -0.25) is 0 Å². The molecule has 0 spiro atoms. The van der Waals surface area contributed by atoms with Crippen molar-refractivity contribution < 1.29 is 0 Å². The van der Waals surface area contributed by atoms with Crippen molar-refractivity contribution in [3.05, 3.63) is 11.6 Å². The summed E-state index contributed by atoms with van der Waals surface area (Å²) in [6, 6.07) is 1.03. The van der Waals surface area contributed by atoms with Crippen LogP contribution in [0.2, 0.25) is 0 Å². The van der Waals surface area contributed by atoms with Gasteiger partial charge in [0.05, 0.1) is 6.04 Å². The Morgan fingerprint density at radius 3 is 2.61 bits per heavy atom. The zero-order valence-corrected chi connectivity index (χ0v) is 11.9. The molecule has 2 rings (SSSR count). The summed E-state index contributed by atoms with van der Waals surface area (Å²) in [4.78, 5) is 4.65. The Morgan fingerprint density at radius 2 is 1.94 bits per heavy atom. The first-order valence-electron chi connectivity index (χ1n) is 7.41. The van der Waals surface area contributed by atoms with E-state index in [4.69, 9.17) is 5.10 Å². The van der Waals surface area contributed by atoms with E-state index in [2.05, 4.69) is 35.9 Å². The van der Waals surface area contributed by atoms with Crippen LogP contribution in [0.25, 0.3) is 0 Å². The Kier molecular flexibility index (Phi) is 4.75. The highest BCUT2D eigenvalue weighted by atomic mass is 15.4. The van der Waals surface area contributed by atoms with Crippen molar-refractivity contribution in [1.82, 2.24) is 20.1 Å². The summed E-state index contributed by atoms with van der Waals surface area (Å²) in [7, 11) is 2.08. The Balaban J connectivity index is 2.28. The van der Waals surface area contributed by atoms with E-state index < -0.39 is 0 Å². The topological polar surface area (TPSA) is 42.7 Å². The van der Waals surface area contributed by atoms with Gasteiger partial charge < -0.3 is 5.32 Å². The van der Waals surface area contributed by atoms with E-state index in [9.17, 15) is 0 Å². The lowest BCUT2D eigenvalue weighted by molar-refractivity contribution is 0.314. The van der Waals surface area contributed by atoms with Gasteiger partial charge in [0.25, 0.3) is 0 Å².